The van der Waals surface area contributed by atoms with Gasteiger partial charge in [0.25, 0.3) is 0 Å². The van der Waals surface area contributed by atoms with Gasteiger partial charge in [0.2, 0.25) is 0 Å². The minimum Gasteiger partial charge on any atom is -0.494 e. The summed E-state index contributed by atoms with van der Waals surface area (Å²) in [5.41, 5.74) is 2.30. The Labute approximate surface area is 85.5 Å². The minimum atomic E-state index is 0.176. The molecule has 0 saturated carbocycles. The number of aliphatic hydroxyl groups excluding tert-OH is 1. The molecule has 2 nitrogen and oxygen atoms in total. The van der Waals surface area contributed by atoms with Crippen LogP contribution in [0, 0.1) is 6.92 Å². The second-order valence-electron chi connectivity index (χ2n) is 3.49. The predicted octanol–water partition coefficient (Wildman–Crippen LogP) is 2.49. The molecule has 0 aliphatic rings. The fraction of sp³-hybridized carbons (Fsp3) is 0.500. The zero-order chi connectivity index (χ0) is 10.6. The largest absolute Gasteiger partial charge is 0.494 e. The van der Waals surface area contributed by atoms with Crippen molar-refractivity contribution in [3.8, 4) is 5.75 Å². The SMILES string of the molecule is CCOc1cccc(C(C)CO)c1C. The van der Waals surface area contributed by atoms with Crippen LogP contribution in [0.25, 0.3) is 0 Å². The van der Waals surface area contributed by atoms with E-state index >= 15 is 0 Å². The average Bonchev–Trinajstić information content (AvgIpc) is 2.20. The van der Waals surface area contributed by atoms with Crippen molar-refractivity contribution in [1.29, 1.82) is 0 Å². The molecule has 0 radical (unpaired) electrons. The van der Waals surface area contributed by atoms with E-state index in [1.54, 1.807) is 0 Å². The first-order valence-corrected chi connectivity index (χ1v) is 5.03. The maximum Gasteiger partial charge on any atom is 0.122 e. The van der Waals surface area contributed by atoms with Gasteiger partial charge in [0.15, 0.2) is 0 Å². The van der Waals surface area contributed by atoms with Gasteiger partial charge in [-0.25, -0.2) is 0 Å². The number of hydrogen-bond acceptors (Lipinski definition) is 2. The molecule has 0 heterocycles. The van der Waals surface area contributed by atoms with Gasteiger partial charge in [0, 0.05) is 12.5 Å². The highest BCUT2D eigenvalue weighted by Crippen LogP contribution is 2.26. The molecule has 1 rings (SSSR count). The molecule has 1 N–H and O–H groups in total. The van der Waals surface area contributed by atoms with Gasteiger partial charge < -0.3 is 9.84 Å². The zero-order valence-corrected chi connectivity index (χ0v) is 9.08. The molecule has 0 fully saturated rings. The molecular weight excluding hydrogens is 176 g/mol. The molecule has 78 valence electrons. The van der Waals surface area contributed by atoms with Crippen LogP contribution in [0.15, 0.2) is 18.2 Å². The Morgan fingerprint density at radius 1 is 1.43 bits per heavy atom. The Morgan fingerprint density at radius 2 is 2.14 bits per heavy atom. The molecule has 1 aromatic carbocycles. The van der Waals surface area contributed by atoms with E-state index in [4.69, 9.17) is 9.84 Å². The summed E-state index contributed by atoms with van der Waals surface area (Å²) in [6, 6.07) is 5.98. The lowest BCUT2D eigenvalue weighted by Crippen LogP contribution is -2.03. The van der Waals surface area contributed by atoms with E-state index in [1.807, 2.05) is 39.0 Å². The van der Waals surface area contributed by atoms with Gasteiger partial charge in [-0.2, -0.15) is 0 Å². The Kier molecular flexibility index (Phi) is 3.96. The summed E-state index contributed by atoms with van der Waals surface area (Å²) in [6.07, 6.45) is 0. The second-order valence-corrected chi connectivity index (χ2v) is 3.49. The van der Waals surface area contributed by atoms with Crippen molar-refractivity contribution in [2.75, 3.05) is 13.2 Å². The minimum absolute atomic E-state index is 0.176. The van der Waals surface area contributed by atoms with E-state index in [2.05, 4.69) is 0 Å². The molecule has 14 heavy (non-hydrogen) atoms. The van der Waals surface area contributed by atoms with Crippen LogP contribution < -0.4 is 4.74 Å². The van der Waals surface area contributed by atoms with Gasteiger partial charge >= 0.3 is 0 Å². The lowest BCUT2D eigenvalue weighted by Gasteiger charge is -2.15. The molecule has 1 unspecified atom stereocenters. The Morgan fingerprint density at radius 3 is 2.71 bits per heavy atom. The molecule has 0 aliphatic carbocycles. The third-order valence-corrected chi connectivity index (χ3v) is 2.43. The summed E-state index contributed by atoms with van der Waals surface area (Å²) in [6.45, 7) is 6.88. The van der Waals surface area contributed by atoms with Crippen LogP contribution in [0.3, 0.4) is 0 Å². The number of ether oxygens (including phenoxy) is 1. The van der Waals surface area contributed by atoms with Crippen LogP contribution in [-0.4, -0.2) is 18.3 Å². The van der Waals surface area contributed by atoms with E-state index in [0.717, 1.165) is 11.3 Å². The van der Waals surface area contributed by atoms with E-state index in [-0.39, 0.29) is 12.5 Å². The lowest BCUT2D eigenvalue weighted by molar-refractivity contribution is 0.272. The normalized spacial score (nSPS) is 12.6. The Bertz CT molecular complexity index is 294. The number of benzene rings is 1. The molecule has 0 aromatic heterocycles. The lowest BCUT2D eigenvalue weighted by atomic mass is 9.96. The summed E-state index contributed by atoms with van der Waals surface area (Å²) < 4.78 is 5.49. The summed E-state index contributed by atoms with van der Waals surface area (Å²) in [5, 5.41) is 9.09. The van der Waals surface area contributed by atoms with Crippen LogP contribution in [0.2, 0.25) is 0 Å². The highest BCUT2D eigenvalue weighted by Gasteiger charge is 2.10. The van der Waals surface area contributed by atoms with Crippen LogP contribution in [0.5, 0.6) is 5.75 Å². The fourth-order valence-corrected chi connectivity index (χ4v) is 1.58. The third kappa shape index (κ3) is 2.26. The first kappa shape index (κ1) is 11.1. The van der Waals surface area contributed by atoms with E-state index in [1.165, 1.54) is 5.56 Å². The van der Waals surface area contributed by atoms with Gasteiger partial charge in [0.1, 0.15) is 5.75 Å². The molecule has 2 heteroatoms. The van der Waals surface area contributed by atoms with Crippen molar-refractivity contribution in [3.05, 3.63) is 29.3 Å². The van der Waals surface area contributed by atoms with Crippen molar-refractivity contribution >= 4 is 0 Å². The molecule has 0 spiro atoms. The van der Waals surface area contributed by atoms with E-state index < -0.39 is 0 Å². The average molecular weight is 194 g/mol. The Hall–Kier alpha value is -1.02. The smallest absolute Gasteiger partial charge is 0.122 e. The molecule has 0 amide bonds. The van der Waals surface area contributed by atoms with Crippen molar-refractivity contribution in [1.82, 2.24) is 0 Å². The number of aliphatic hydroxyl groups is 1. The zero-order valence-electron chi connectivity index (χ0n) is 9.08. The van der Waals surface area contributed by atoms with Gasteiger partial charge in [-0.3, -0.25) is 0 Å². The highest BCUT2D eigenvalue weighted by molar-refractivity contribution is 5.40. The second kappa shape index (κ2) is 5.01. The van der Waals surface area contributed by atoms with Crippen LogP contribution in [0.1, 0.15) is 30.9 Å². The van der Waals surface area contributed by atoms with Gasteiger partial charge in [0.05, 0.1) is 6.61 Å². The topological polar surface area (TPSA) is 29.5 Å². The first-order valence-electron chi connectivity index (χ1n) is 5.03. The molecule has 0 aliphatic heterocycles. The van der Waals surface area contributed by atoms with E-state index in [9.17, 15) is 0 Å². The molecule has 1 atom stereocenters. The van der Waals surface area contributed by atoms with Crippen molar-refractivity contribution in [2.45, 2.75) is 26.7 Å². The van der Waals surface area contributed by atoms with Gasteiger partial charge in [-0.1, -0.05) is 19.1 Å². The fourth-order valence-electron chi connectivity index (χ4n) is 1.58. The van der Waals surface area contributed by atoms with Crippen molar-refractivity contribution in [3.63, 3.8) is 0 Å². The summed E-state index contributed by atoms with van der Waals surface area (Å²) >= 11 is 0. The summed E-state index contributed by atoms with van der Waals surface area (Å²) in [4.78, 5) is 0. The summed E-state index contributed by atoms with van der Waals surface area (Å²) in [7, 11) is 0. The third-order valence-electron chi connectivity index (χ3n) is 2.43. The maximum atomic E-state index is 9.09. The standard InChI is InChI=1S/C12H18O2/c1-4-14-12-7-5-6-11(10(12)3)9(2)8-13/h5-7,9,13H,4,8H2,1-3H3. The summed E-state index contributed by atoms with van der Waals surface area (Å²) in [5.74, 6) is 1.10. The van der Waals surface area contributed by atoms with Crippen molar-refractivity contribution < 1.29 is 9.84 Å². The van der Waals surface area contributed by atoms with Crippen LogP contribution in [0.4, 0.5) is 0 Å². The highest BCUT2D eigenvalue weighted by atomic mass is 16.5. The molecule has 1 aromatic rings. The first-order chi connectivity index (χ1) is 6.70. The van der Waals surface area contributed by atoms with Crippen LogP contribution in [-0.2, 0) is 0 Å². The van der Waals surface area contributed by atoms with E-state index in [0.29, 0.717) is 6.61 Å². The molecular formula is C12H18O2. The molecule has 0 saturated heterocycles. The Balaban J connectivity index is 3.00. The number of hydrogen-bond donors (Lipinski definition) is 1. The monoisotopic (exact) mass is 194 g/mol. The van der Waals surface area contributed by atoms with Gasteiger partial charge in [-0.15, -0.1) is 0 Å². The van der Waals surface area contributed by atoms with Crippen LogP contribution >= 0.6 is 0 Å². The predicted molar refractivity (Wildman–Crippen MR) is 57.8 cm³/mol. The van der Waals surface area contributed by atoms with Gasteiger partial charge in [-0.05, 0) is 31.0 Å². The van der Waals surface area contributed by atoms with Crippen molar-refractivity contribution in [2.24, 2.45) is 0 Å². The number of rotatable bonds is 4. The molecule has 0 bridgehead atoms. The maximum absolute atomic E-state index is 9.09. The quantitative estimate of drug-likeness (QED) is 0.798.